The van der Waals surface area contributed by atoms with Crippen molar-refractivity contribution in [1.29, 1.82) is 0 Å². The zero-order valence-corrected chi connectivity index (χ0v) is 15.0. The molecule has 0 bridgehead atoms. The number of carbonyl (C=O) groups is 1. The molecule has 4 rings (SSSR count). The normalized spacial score (nSPS) is 16.2. The topological polar surface area (TPSA) is 50.2 Å². The third-order valence-electron chi connectivity index (χ3n) is 4.64. The summed E-state index contributed by atoms with van der Waals surface area (Å²) in [6.07, 6.45) is 0. The zero-order chi connectivity index (χ0) is 19.8. The lowest BCUT2D eigenvalue weighted by Crippen LogP contribution is -2.42. The van der Waals surface area contributed by atoms with Crippen LogP contribution in [0.4, 0.5) is 24.5 Å². The van der Waals surface area contributed by atoms with Crippen LogP contribution in [0.3, 0.4) is 0 Å². The van der Waals surface area contributed by atoms with Crippen LogP contribution in [0.15, 0.2) is 48.5 Å². The number of rotatable bonds is 4. The second-order valence-corrected chi connectivity index (χ2v) is 6.68. The molecule has 1 aromatic heterocycles. The summed E-state index contributed by atoms with van der Waals surface area (Å²) in [4.78, 5) is 14.4. The fraction of sp³-hybridized carbons (Fsp3) is 0.200. The fourth-order valence-electron chi connectivity index (χ4n) is 3.25. The monoisotopic (exact) mass is 386 g/mol. The first-order valence-corrected chi connectivity index (χ1v) is 8.77. The molecule has 0 saturated heterocycles. The lowest BCUT2D eigenvalue weighted by Gasteiger charge is -2.31. The molecule has 1 N–H and O–H groups in total. The van der Waals surface area contributed by atoms with Gasteiger partial charge in [-0.1, -0.05) is 0 Å². The van der Waals surface area contributed by atoms with Crippen LogP contribution in [0.5, 0.6) is 0 Å². The number of fused-ring (bicyclic) bond motifs is 1. The molecule has 1 aliphatic rings. The second kappa shape index (κ2) is 7.03. The molecule has 1 aliphatic heterocycles. The van der Waals surface area contributed by atoms with Crippen molar-refractivity contribution < 1.29 is 18.0 Å². The van der Waals surface area contributed by atoms with E-state index in [1.807, 2.05) is 6.92 Å². The van der Waals surface area contributed by atoms with Crippen LogP contribution in [0.2, 0.25) is 0 Å². The molecule has 0 fully saturated rings. The molecule has 0 aliphatic carbocycles. The lowest BCUT2D eigenvalue weighted by atomic mass is 10.1. The minimum atomic E-state index is -0.572. The molecular formula is C20H17F3N4O. The average molecular weight is 386 g/mol. The predicted molar refractivity (Wildman–Crippen MR) is 98.7 cm³/mol. The van der Waals surface area contributed by atoms with Gasteiger partial charge in [0.1, 0.15) is 23.1 Å². The Balaban J connectivity index is 1.56. The number of nitrogens with one attached hydrogen (secondary N) is 1. The van der Waals surface area contributed by atoms with Gasteiger partial charge in [0.25, 0.3) is 5.91 Å². The van der Waals surface area contributed by atoms with E-state index < -0.39 is 11.6 Å². The van der Waals surface area contributed by atoms with Gasteiger partial charge >= 0.3 is 0 Å². The SMILES string of the molecule is CC1CN(c2ccc(F)cc2)C(=O)c2cc(CNc3cc(F)ccc3F)nn21. The summed E-state index contributed by atoms with van der Waals surface area (Å²) in [6, 6.07) is 10.4. The molecule has 8 heteroatoms. The summed E-state index contributed by atoms with van der Waals surface area (Å²) in [5, 5.41) is 7.22. The summed E-state index contributed by atoms with van der Waals surface area (Å²) in [6.45, 7) is 2.45. The molecule has 28 heavy (non-hydrogen) atoms. The van der Waals surface area contributed by atoms with E-state index >= 15 is 0 Å². The Morgan fingerprint density at radius 3 is 2.54 bits per heavy atom. The maximum atomic E-state index is 13.7. The Hall–Kier alpha value is -3.29. The van der Waals surface area contributed by atoms with Crippen molar-refractivity contribution in [3.05, 3.63) is 77.4 Å². The third kappa shape index (κ3) is 3.33. The maximum absolute atomic E-state index is 13.7. The maximum Gasteiger partial charge on any atom is 0.276 e. The van der Waals surface area contributed by atoms with Gasteiger partial charge in [-0.2, -0.15) is 5.10 Å². The molecular weight excluding hydrogens is 369 g/mol. The van der Waals surface area contributed by atoms with Crippen LogP contribution in [0, 0.1) is 17.5 Å². The van der Waals surface area contributed by atoms with Crippen molar-refractivity contribution in [3.63, 3.8) is 0 Å². The number of carbonyl (C=O) groups excluding carboxylic acids is 1. The van der Waals surface area contributed by atoms with E-state index in [0.717, 1.165) is 18.2 Å². The summed E-state index contributed by atoms with van der Waals surface area (Å²) >= 11 is 0. The van der Waals surface area contributed by atoms with Gasteiger partial charge in [-0.25, -0.2) is 13.2 Å². The molecule has 1 unspecified atom stereocenters. The van der Waals surface area contributed by atoms with Gasteiger partial charge in [0.15, 0.2) is 0 Å². The quantitative estimate of drug-likeness (QED) is 0.733. The fourth-order valence-corrected chi connectivity index (χ4v) is 3.25. The molecule has 1 atom stereocenters. The van der Waals surface area contributed by atoms with Gasteiger partial charge in [0.2, 0.25) is 0 Å². The smallest absolute Gasteiger partial charge is 0.276 e. The summed E-state index contributed by atoms with van der Waals surface area (Å²) in [7, 11) is 0. The number of hydrogen-bond donors (Lipinski definition) is 1. The van der Waals surface area contributed by atoms with Crippen molar-refractivity contribution >= 4 is 17.3 Å². The Labute approximate surface area is 159 Å². The van der Waals surface area contributed by atoms with E-state index in [1.165, 1.54) is 12.1 Å². The zero-order valence-electron chi connectivity index (χ0n) is 15.0. The standard InChI is InChI=1S/C20H17F3N4O/c1-12-11-26(16-5-2-13(21)3-6-16)20(28)19-9-15(25-27(12)19)10-24-18-8-14(22)4-7-17(18)23/h2-9,12,24H,10-11H2,1H3. The largest absolute Gasteiger partial charge is 0.377 e. The van der Waals surface area contributed by atoms with Crippen molar-refractivity contribution in [1.82, 2.24) is 9.78 Å². The van der Waals surface area contributed by atoms with Crippen molar-refractivity contribution in [2.45, 2.75) is 19.5 Å². The van der Waals surface area contributed by atoms with Crippen molar-refractivity contribution in [3.8, 4) is 0 Å². The molecule has 0 saturated carbocycles. The molecule has 1 amide bonds. The molecule has 144 valence electrons. The summed E-state index contributed by atoms with van der Waals surface area (Å²) in [5.41, 5.74) is 1.55. The van der Waals surface area contributed by atoms with Crippen LogP contribution >= 0.6 is 0 Å². The van der Waals surface area contributed by atoms with E-state index in [-0.39, 0.29) is 30.0 Å². The Bertz CT molecular complexity index is 1030. The van der Waals surface area contributed by atoms with Crippen LogP contribution in [0.25, 0.3) is 0 Å². The van der Waals surface area contributed by atoms with Crippen LogP contribution in [0.1, 0.15) is 29.1 Å². The van der Waals surface area contributed by atoms with Crippen LogP contribution < -0.4 is 10.2 Å². The van der Waals surface area contributed by atoms with Gasteiger partial charge in [0.05, 0.1) is 24.0 Å². The molecule has 0 spiro atoms. The third-order valence-corrected chi connectivity index (χ3v) is 4.64. The lowest BCUT2D eigenvalue weighted by molar-refractivity contribution is 0.0953. The minimum absolute atomic E-state index is 0.0262. The van der Waals surface area contributed by atoms with E-state index in [4.69, 9.17) is 0 Å². The predicted octanol–water partition coefficient (Wildman–Crippen LogP) is 4.13. The number of aromatic nitrogens is 2. The molecule has 0 radical (unpaired) electrons. The number of hydrogen-bond acceptors (Lipinski definition) is 3. The van der Waals surface area contributed by atoms with Crippen LogP contribution in [-0.4, -0.2) is 22.2 Å². The van der Waals surface area contributed by atoms with E-state index in [1.54, 1.807) is 27.8 Å². The number of amides is 1. The Morgan fingerprint density at radius 1 is 1.07 bits per heavy atom. The number of anilines is 2. The van der Waals surface area contributed by atoms with Gasteiger partial charge in [-0.15, -0.1) is 0 Å². The highest BCUT2D eigenvalue weighted by atomic mass is 19.1. The number of nitrogens with zero attached hydrogens (tertiary/aromatic N) is 3. The van der Waals surface area contributed by atoms with Gasteiger partial charge < -0.3 is 10.2 Å². The van der Waals surface area contributed by atoms with Crippen molar-refractivity contribution in [2.24, 2.45) is 0 Å². The Morgan fingerprint density at radius 2 is 1.79 bits per heavy atom. The van der Waals surface area contributed by atoms with Gasteiger partial charge in [-0.3, -0.25) is 9.48 Å². The molecule has 2 aromatic carbocycles. The van der Waals surface area contributed by atoms with E-state index in [2.05, 4.69) is 10.4 Å². The highest BCUT2D eigenvalue weighted by Crippen LogP contribution is 2.27. The first-order chi connectivity index (χ1) is 13.4. The number of benzene rings is 2. The average Bonchev–Trinajstić information content (AvgIpc) is 3.11. The number of halogens is 3. The van der Waals surface area contributed by atoms with Gasteiger partial charge in [0, 0.05) is 12.2 Å². The summed E-state index contributed by atoms with van der Waals surface area (Å²) < 4.78 is 41.8. The first-order valence-electron chi connectivity index (χ1n) is 8.77. The highest BCUT2D eigenvalue weighted by molar-refractivity contribution is 6.05. The molecule has 2 heterocycles. The Kier molecular flexibility index (Phi) is 4.54. The van der Waals surface area contributed by atoms with E-state index in [9.17, 15) is 18.0 Å². The van der Waals surface area contributed by atoms with Gasteiger partial charge in [-0.05, 0) is 55.5 Å². The minimum Gasteiger partial charge on any atom is -0.377 e. The summed E-state index contributed by atoms with van der Waals surface area (Å²) in [5.74, 6) is -1.74. The van der Waals surface area contributed by atoms with Crippen LogP contribution in [-0.2, 0) is 6.54 Å². The molecule has 5 nitrogen and oxygen atoms in total. The molecule has 3 aromatic rings. The first kappa shape index (κ1) is 18.1. The second-order valence-electron chi connectivity index (χ2n) is 6.68. The van der Waals surface area contributed by atoms with E-state index in [0.29, 0.717) is 23.6 Å². The highest BCUT2D eigenvalue weighted by Gasteiger charge is 2.31. The van der Waals surface area contributed by atoms with Crippen molar-refractivity contribution in [2.75, 3.05) is 16.8 Å².